The monoisotopic (exact) mass is 366 g/mol. The average molecular weight is 367 g/mol. The number of allylic oxidation sites excluding steroid dienone is 9. The summed E-state index contributed by atoms with van der Waals surface area (Å²) in [5, 5.41) is 0. The molecule has 140 valence electrons. The molecule has 0 saturated heterocycles. The van der Waals surface area contributed by atoms with E-state index in [0.717, 1.165) is 36.3 Å². The summed E-state index contributed by atoms with van der Waals surface area (Å²) in [5.41, 5.74) is 16.5. The van der Waals surface area contributed by atoms with E-state index in [0.29, 0.717) is 0 Å². The van der Waals surface area contributed by atoms with Crippen LogP contribution < -0.4 is 5.73 Å². The second kappa shape index (κ2) is 7.85. The normalized spacial score (nSPS) is 17.9. The highest BCUT2D eigenvalue weighted by Gasteiger charge is 2.18. The number of nitrogens with two attached hydrogens (primary N) is 1. The van der Waals surface area contributed by atoms with Crippen LogP contribution in [0, 0.1) is 6.92 Å². The lowest BCUT2D eigenvalue weighted by atomic mass is 9.86. The van der Waals surface area contributed by atoms with Gasteiger partial charge in [-0.3, -0.25) is 4.98 Å². The molecule has 2 aliphatic rings. The second-order valence-electron chi connectivity index (χ2n) is 7.51. The highest BCUT2D eigenvalue weighted by molar-refractivity contribution is 5.79. The lowest BCUT2D eigenvalue weighted by molar-refractivity contribution is 0.999. The number of aryl methyl sites for hydroxylation is 1. The van der Waals surface area contributed by atoms with Gasteiger partial charge in [-0.15, -0.1) is 0 Å². The molecule has 0 unspecified atom stereocenters. The fourth-order valence-corrected chi connectivity index (χ4v) is 3.94. The molecule has 1 heterocycles. The summed E-state index contributed by atoms with van der Waals surface area (Å²) in [5.74, 6) is 0. The highest BCUT2D eigenvalue weighted by atomic mass is 14.7. The van der Waals surface area contributed by atoms with Crippen molar-refractivity contribution in [1.82, 2.24) is 4.98 Å². The molecule has 0 amide bonds. The minimum atomic E-state index is 0.817. The van der Waals surface area contributed by atoms with Crippen molar-refractivity contribution in [1.29, 1.82) is 0 Å². The minimum absolute atomic E-state index is 0.817. The molecule has 1 aromatic carbocycles. The van der Waals surface area contributed by atoms with Crippen LogP contribution in [0.15, 0.2) is 89.2 Å². The van der Waals surface area contributed by atoms with E-state index < -0.39 is 0 Å². The quantitative estimate of drug-likeness (QED) is 0.717. The second-order valence-corrected chi connectivity index (χ2v) is 7.51. The van der Waals surface area contributed by atoms with Crippen molar-refractivity contribution in [3.05, 3.63) is 106 Å². The van der Waals surface area contributed by atoms with Gasteiger partial charge < -0.3 is 5.73 Å². The largest absolute Gasteiger partial charge is 0.402 e. The third-order valence-electron chi connectivity index (χ3n) is 5.18. The SMILES string of the molecule is C/C(N)=C/C(C1=CCCC=C1)=C1/C=Cc2c(-c3ccccc3)cc(C)nc2C1. The van der Waals surface area contributed by atoms with Gasteiger partial charge in [-0.05, 0) is 66.7 Å². The highest BCUT2D eigenvalue weighted by Crippen LogP contribution is 2.34. The Bertz CT molecular complexity index is 1040. The van der Waals surface area contributed by atoms with Gasteiger partial charge in [0.1, 0.15) is 0 Å². The van der Waals surface area contributed by atoms with Crippen LogP contribution in [0.5, 0.6) is 0 Å². The Morgan fingerprint density at radius 1 is 1.07 bits per heavy atom. The maximum absolute atomic E-state index is 6.06. The van der Waals surface area contributed by atoms with Crippen LogP contribution >= 0.6 is 0 Å². The smallest absolute Gasteiger partial charge is 0.0529 e. The van der Waals surface area contributed by atoms with Gasteiger partial charge in [0, 0.05) is 23.4 Å². The first kappa shape index (κ1) is 18.2. The molecule has 1 aromatic heterocycles. The maximum atomic E-state index is 6.06. The van der Waals surface area contributed by atoms with Gasteiger partial charge in [0.05, 0.1) is 5.69 Å². The summed E-state index contributed by atoms with van der Waals surface area (Å²) < 4.78 is 0. The summed E-state index contributed by atoms with van der Waals surface area (Å²) in [6.07, 6.45) is 16.3. The number of benzene rings is 1. The fraction of sp³-hybridized carbons (Fsp3) is 0.192. The Morgan fingerprint density at radius 3 is 2.61 bits per heavy atom. The Balaban J connectivity index is 1.83. The van der Waals surface area contributed by atoms with Crippen molar-refractivity contribution in [3.8, 4) is 11.1 Å². The van der Waals surface area contributed by atoms with Crippen LogP contribution in [0.1, 0.15) is 36.7 Å². The molecule has 2 heteroatoms. The molecule has 2 aliphatic carbocycles. The summed E-state index contributed by atoms with van der Waals surface area (Å²) >= 11 is 0. The number of rotatable bonds is 3. The van der Waals surface area contributed by atoms with E-state index in [1.165, 1.54) is 33.4 Å². The zero-order valence-corrected chi connectivity index (χ0v) is 16.6. The van der Waals surface area contributed by atoms with Gasteiger partial charge in [-0.2, -0.15) is 0 Å². The van der Waals surface area contributed by atoms with E-state index in [2.05, 4.69) is 79.8 Å². The van der Waals surface area contributed by atoms with Gasteiger partial charge in [-0.1, -0.05) is 60.7 Å². The number of pyridine rings is 1. The standard InChI is InChI=1S/C26H26N2/c1-18(27)15-24(20-9-5-3-6-10-20)22-13-14-23-25(21-11-7-4-8-12-21)16-19(2)28-26(23)17-22/h4-5,7-16H,3,6,17,27H2,1-2H3/b18-15-,24-22+. The molecule has 4 rings (SSSR count). The fourth-order valence-electron chi connectivity index (χ4n) is 3.94. The molecular weight excluding hydrogens is 340 g/mol. The molecule has 0 radical (unpaired) electrons. The van der Waals surface area contributed by atoms with Gasteiger partial charge in [0.25, 0.3) is 0 Å². The van der Waals surface area contributed by atoms with E-state index in [9.17, 15) is 0 Å². The first-order chi connectivity index (χ1) is 13.6. The maximum Gasteiger partial charge on any atom is 0.0529 e. The summed E-state index contributed by atoms with van der Waals surface area (Å²) in [6.45, 7) is 4.02. The first-order valence-electron chi connectivity index (χ1n) is 9.90. The molecule has 0 spiro atoms. The number of aromatic nitrogens is 1. The molecular formula is C26H26N2. The van der Waals surface area contributed by atoms with Crippen molar-refractivity contribution in [3.63, 3.8) is 0 Å². The molecule has 0 atom stereocenters. The zero-order chi connectivity index (χ0) is 19.5. The molecule has 0 bridgehead atoms. The summed E-state index contributed by atoms with van der Waals surface area (Å²) in [7, 11) is 0. The van der Waals surface area contributed by atoms with Crippen LogP contribution in [0.25, 0.3) is 17.2 Å². The van der Waals surface area contributed by atoms with E-state index in [1.807, 2.05) is 6.92 Å². The molecule has 0 aliphatic heterocycles. The van der Waals surface area contributed by atoms with Gasteiger partial charge in [0.2, 0.25) is 0 Å². The van der Waals surface area contributed by atoms with Crippen LogP contribution in [-0.2, 0) is 6.42 Å². The number of nitrogens with zero attached hydrogens (tertiary/aromatic N) is 1. The van der Waals surface area contributed by atoms with Gasteiger partial charge in [0.15, 0.2) is 0 Å². The van der Waals surface area contributed by atoms with Crippen molar-refractivity contribution in [2.45, 2.75) is 33.1 Å². The molecule has 28 heavy (non-hydrogen) atoms. The van der Waals surface area contributed by atoms with E-state index >= 15 is 0 Å². The molecule has 2 aromatic rings. The number of hydrogen-bond donors (Lipinski definition) is 1. The van der Waals surface area contributed by atoms with Crippen LogP contribution in [-0.4, -0.2) is 4.98 Å². The Labute approximate surface area is 167 Å². The Kier molecular flexibility index (Phi) is 5.12. The average Bonchev–Trinajstić information content (AvgIpc) is 2.72. The zero-order valence-electron chi connectivity index (χ0n) is 16.6. The Hall–Kier alpha value is -3.13. The third kappa shape index (κ3) is 3.77. The minimum Gasteiger partial charge on any atom is -0.402 e. The lowest BCUT2D eigenvalue weighted by Crippen LogP contribution is -2.07. The summed E-state index contributed by atoms with van der Waals surface area (Å²) in [6, 6.07) is 12.7. The van der Waals surface area contributed by atoms with Crippen LogP contribution in [0.4, 0.5) is 0 Å². The van der Waals surface area contributed by atoms with Crippen LogP contribution in [0.3, 0.4) is 0 Å². The number of hydrogen-bond acceptors (Lipinski definition) is 2. The molecule has 0 saturated carbocycles. The van der Waals surface area contributed by atoms with Crippen molar-refractivity contribution >= 4 is 6.08 Å². The summed E-state index contributed by atoms with van der Waals surface area (Å²) in [4.78, 5) is 4.88. The van der Waals surface area contributed by atoms with E-state index in [4.69, 9.17) is 10.7 Å². The van der Waals surface area contributed by atoms with Crippen molar-refractivity contribution in [2.24, 2.45) is 5.73 Å². The first-order valence-corrected chi connectivity index (χ1v) is 9.90. The lowest BCUT2D eigenvalue weighted by Gasteiger charge is -2.20. The van der Waals surface area contributed by atoms with E-state index in [1.54, 1.807) is 0 Å². The predicted molar refractivity (Wildman–Crippen MR) is 119 cm³/mol. The third-order valence-corrected chi connectivity index (χ3v) is 5.18. The molecule has 2 nitrogen and oxygen atoms in total. The van der Waals surface area contributed by atoms with Crippen LogP contribution in [0.2, 0.25) is 0 Å². The molecule has 2 N–H and O–H groups in total. The number of fused-ring (bicyclic) bond motifs is 1. The van der Waals surface area contributed by atoms with Crippen molar-refractivity contribution in [2.75, 3.05) is 0 Å². The molecule has 0 fully saturated rings. The topological polar surface area (TPSA) is 38.9 Å². The van der Waals surface area contributed by atoms with Crippen molar-refractivity contribution < 1.29 is 0 Å². The van der Waals surface area contributed by atoms with Gasteiger partial charge in [-0.25, -0.2) is 0 Å². The predicted octanol–water partition coefficient (Wildman–Crippen LogP) is 6.06. The van der Waals surface area contributed by atoms with E-state index in [-0.39, 0.29) is 0 Å². The Morgan fingerprint density at radius 2 is 1.89 bits per heavy atom. The van der Waals surface area contributed by atoms with Gasteiger partial charge >= 0.3 is 0 Å².